The monoisotopic (exact) mass is 440 g/mol. The van der Waals surface area contributed by atoms with E-state index in [1.807, 2.05) is 18.2 Å². The zero-order chi connectivity index (χ0) is 22.8. The fraction of sp³-hybridized carbons (Fsp3) is 0.111. The number of halogens is 1. The van der Waals surface area contributed by atoms with E-state index in [1.54, 1.807) is 36.4 Å². The first-order chi connectivity index (χ1) is 16.1. The molecular weight excluding hydrogens is 419 g/mol. The molecule has 0 aliphatic heterocycles. The predicted molar refractivity (Wildman–Crippen MR) is 126 cm³/mol. The zero-order valence-corrected chi connectivity index (χ0v) is 17.7. The number of para-hydroxylation sites is 2. The van der Waals surface area contributed by atoms with E-state index in [0.29, 0.717) is 5.56 Å². The van der Waals surface area contributed by atoms with Crippen molar-refractivity contribution in [3.05, 3.63) is 101 Å². The van der Waals surface area contributed by atoms with E-state index in [2.05, 4.69) is 22.8 Å². The summed E-state index contributed by atoms with van der Waals surface area (Å²) < 4.78 is 19.4. The quantitative estimate of drug-likeness (QED) is 0.425. The number of benzene rings is 4. The fourth-order valence-corrected chi connectivity index (χ4v) is 4.22. The van der Waals surface area contributed by atoms with Crippen LogP contribution in [0.5, 0.6) is 5.75 Å². The highest BCUT2D eigenvalue weighted by Gasteiger charge is 2.19. The summed E-state index contributed by atoms with van der Waals surface area (Å²) in [5.74, 6) is -1.12. The van der Waals surface area contributed by atoms with E-state index in [1.165, 1.54) is 28.6 Å². The average Bonchev–Trinajstić information content (AvgIpc) is 3.26. The van der Waals surface area contributed by atoms with Gasteiger partial charge in [-0.05, 0) is 59.7 Å². The van der Waals surface area contributed by atoms with Gasteiger partial charge in [0.15, 0.2) is 6.61 Å². The van der Waals surface area contributed by atoms with Crippen LogP contribution in [0.2, 0.25) is 0 Å². The molecule has 4 aromatic rings. The molecule has 5 nitrogen and oxygen atoms in total. The van der Waals surface area contributed by atoms with Crippen LogP contribution >= 0.6 is 0 Å². The zero-order valence-electron chi connectivity index (χ0n) is 17.7. The van der Waals surface area contributed by atoms with E-state index in [0.717, 1.165) is 23.9 Å². The van der Waals surface area contributed by atoms with E-state index in [9.17, 15) is 14.0 Å². The minimum atomic E-state index is -0.531. The second kappa shape index (κ2) is 8.74. The van der Waals surface area contributed by atoms with Gasteiger partial charge in [-0.1, -0.05) is 48.5 Å². The van der Waals surface area contributed by atoms with Crippen LogP contribution < -0.4 is 15.4 Å². The highest BCUT2D eigenvalue weighted by Crippen LogP contribution is 2.35. The van der Waals surface area contributed by atoms with Gasteiger partial charge in [0.2, 0.25) is 0 Å². The van der Waals surface area contributed by atoms with Gasteiger partial charge in [-0.25, -0.2) is 4.39 Å². The third-order valence-electron chi connectivity index (χ3n) is 5.76. The first-order valence-electron chi connectivity index (χ1n) is 10.7. The van der Waals surface area contributed by atoms with Crippen molar-refractivity contribution in [3.63, 3.8) is 0 Å². The van der Waals surface area contributed by atoms with Gasteiger partial charge in [0.05, 0.1) is 11.3 Å². The first kappa shape index (κ1) is 20.7. The summed E-state index contributed by atoms with van der Waals surface area (Å²) >= 11 is 0. The van der Waals surface area contributed by atoms with Gasteiger partial charge >= 0.3 is 0 Å². The molecule has 0 fully saturated rings. The highest BCUT2D eigenvalue weighted by molar-refractivity contribution is 6.11. The number of amides is 2. The summed E-state index contributed by atoms with van der Waals surface area (Å²) in [5.41, 5.74) is 3.70. The molecule has 164 valence electrons. The summed E-state index contributed by atoms with van der Waals surface area (Å²) in [6.07, 6.45) is 2.02. The molecule has 2 amide bonds. The Bertz CT molecular complexity index is 1370. The van der Waals surface area contributed by atoms with Crippen LogP contribution in [0, 0.1) is 5.82 Å². The van der Waals surface area contributed by atoms with Crippen LogP contribution in [0.15, 0.2) is 78.9 Å². The molecule has 33 heavy (non-hydrogen) atoms. The van der Waals surface area contributed by atoms with Crippen LogP contribution in [-0.2, 0) is 17.6 Å². The lowest BCUT2D eigenvalue weighted by molar-refractivity contribution is -0.118. The first-order valence-corrected chi connectivity index (χ1v) is 10.7. The minimum Gasteiger partial charge on any atom is -0.483 e. The highest BCUT2D eigenvalue weighted by atomic mass is 19.1. The molecule has 0 heterocycles. The molecule has 0 unspecified atom stereocenters. The molecule has 2 N–H and O–H groups in total. The smallest absolute Gasteiger partial charge is 0.262 e. The topological polar surface area (TPSA) is 67.4 Å². The number of ether oxygens (including phenoxy) is 1. The van der Waals surface area contributed by atoms with Gasteiger partial charge in [0.25, 0.3) is 11.8 Å². The molecule has 6 heteroatoms. The van der Waals surface area contributed by atoms with E-state index in [-0.39, 0.29) is 24.0 Å². The van der Waals surface area contributed by atoms with Crippen LogP contribution in [-0.4, -0.2) is 18.4 Å². The molecule has 0 saturated heterocycles. The summed E-state index contributed by atoms with van der Waals surface area (Å²) in [6.45, 7) is -0.361. The second-order valence-electron chi connectivity index (χ2n) is 7.88. The molecule has 1 aliphatic carbocycles. The maximum atomic E-state index is 13.7. The second-order valence-corrected chi connectivity index (χ2v) is 7.88. The number of aryl methyl sites for hydroxylation is 2. The molecule has 0 radical (unpaired) electrons. The Balaban J connectivity index is 1.32. The third kappa shape index (κ3) is 4.15. The average molecular weight is 440 g/mol. The summed E-state index contributed by atoms with van der Waals surface area (Å²) in [6, 6.07) is 22.7. The Labute approximate surface area is 190 Å². The maximum absolute atomic E-state index is 13.7. The largest absolute Gasteiger partial charge is 0.483 e. The van der Waals surface area contributed by atoms with Gasteiger partial charge in [-0.3, -0.25) is 9.59 Å². The van der Waals surface area contributed by atoms with Crippen molar-refractivity contribution in [2.45, 2.75) is 12.8 Å². The molecule has 5 rings (SSSR count). The molecular formula is C27H21FN2O3. The standard InChI is InChI=1S/C27H21FN2O3/c28-21-9-2-3-10-23(21)29-25(31)16-33-24-11-4-1-7-20(24)27(32)30-22-15-14-18-13-12-17-6-5-8-19(22)26(17)18/h1-11,14-15H,12-13,16H2,(H,29,31)(H,30,32). The lowest BCUT2D eigenvalue weighted by Crippen LogP contribution is -2.22. The van der Waals surface area contributed by atoms with Crippen molar-refractivity contribution in [2.75, 3.05) is 17.2 Å². The van der Waals surface area contributed by atoms with Gasteiger partial charge in [0.1, 0.15) is 11.6 Å². The number of carbonyl (C=O) groups is 2. The number of rotatable bonds is 6. The minimum absolute atomic E-state index is 0.0733. The number of hydrogen-bond acceptors (Lipinski definition) is 3. The molecule has 0 spiro atoms. The van der Waals surface area contributed by atoms with Crippen molar-refractivity contribution < 1.29 is 18.7 Å². The third-order valence-corrected chi connectivity index (χ3v) is 5.76. The summed E-state index contributed by atoms with van der Waals surface area (Å²) in [7, 11) is 0. The lowest BCUT2D eigenvalue weighted by Gasteiger charge is -2.14. The Kier molecular flexibility index (Phi) is 5.48. The maximum Gasteiger partial charge on any atom is 0.262 e. The number of carbonyl (C=O) groups excluding carboxylic acids is 2. The van der Waals surface area contributed by atoms with Crippen molar-refractivity contribution >= 4 is 34.0 Å². The summed E-state index contributed by atoms with van der Waals surface area (Å²) in [5, 5.41) is 7.68. The normalized spacial score (nSPS) is 11.9. The lowest BCUT2D eigenvalue weighted by atomic mass is 10.0. The van der Waals surface area contributed by atoms with Crippen molar-refractivity contribution in [1.29, 1.82) is 0 Å². The summed E-state index contributed by atoms with van der Waals surface area (Å²) in [4.78, 5) is 25.3. The Morgan fingerprint density at radius 2 is 1.55 bits per heavy atom. The van der Waals surface area contributed by atoms with Gasteiger partial charge in [-0.2, -0.15) is 0 Å². The van der Waals surface area contributed by atoms with Crippen LogP contribution in [0.4, 0.5) is 15.8 Å². The van der Waals surface area contributed by atoms with E-state index >= 15 is 0 Å². The van der Waals surface area contributed by atoms with Crippen molar-refractivity contribution in [2.24, 2.45) is 0 Å². The number of anilines is 2. The Morgan fingerprint density at radius 3 is 2.39 bits per heavy atom. The molecule has 4 aromatic carbocycles. The van der Waals surface area contributed by atoms with Gasteiger partial charge in [0, 0.05) is 11.1 Å². The fourth-order valence-electron chi connectivity index (χ4n) is 4.22. The van der Waals surface area contributed by atoms with Gasteiger partial charge < -0.3 is 15.4 Å². The molecule has 0 saturated carbocycles. The molecule has 1 aliphatic rings. The van der Waals surface area contributed by atoms with Crippen LogP contribution in [0.25, 0.3) is 10.8 Å². The molecule has 0 atom stereocenters. The van der Waals surface area contributed by atoms with E-state index in [4.69, 9.17) is 4.74 Å². The van der Waals surface area contributed by atoms with E-state index < -0.39 is 11.7 Å². The Morgan fingerprint density at radius 1 is 0.788 bits per heavy atom. The number of nitrogens with one attached hydrogen (secondary N) is 2. The van der Waals surface area contributed by atoms with Crippen LogP contribution in [0.3, 0.4) is 0 Å². The SMILES string of the molecule is O=C(COc1ccccc1C(=O)Nc1ccc2c3c(cccc13)CC2)Nc1ccccc1F. The van der Waals surface area contributed by atoms with Crippen LogP contribution in [0.1, 0.15) is 21.5 Å². The molecule has 0 aromatic heterocycles. The predicted octanol–water partition coefficient (Wildman–Crippen LogP) is 5.35. The number of hydrogen-bond donors (Lipinski definition) is 2. The Hall–Kier alpha value is -4.19. The van der Waals surface area contributed by atoms with Gasteiger partial charge in [-0.15, -0.1) is 0 Å². The van der Waals surface area contributed by atoms with Crippen molar-refractivity contribution in [3.8, 4) is 5.75 Å². The van der Waals surface area contributed by atoms with Crippen molar-refractivity contribution in [1.82, 2.24) is 0 Å². The molecule has 0 bridgehead atoms.